The van der Waals surface area contributed by atoms with E-state index in [1.54, 1.807) is 12.5 Å². The number of aromatic nitrogens is 3. The topological polar surface area (TPSA) is 56.3 Å². The summed E-state index contributed by atoms with van der Waals surface area (Å²) in [6, 6.07) is 2.70. The lowest BCUT2D eigenvalue weighted by molar-refractivity contribution is -0.0536. The molecule has 1 aliphatic heterocycles. The lowest BCUT2D eigenvalue weighted by Gasteiger charge is -2.44. The van der Waals surface area contributed by atoms with Crippen molar-refractivity contribution in [2.75, 3.05) is 18.1 Å². The number of furan rings is 1. The van der Waals surface area contributed by atoms with E-state index in [0.29, 0.717) is 6.04 Å². The van der Waals surface area contributed by atoms with Gasteiger partial charge in [-0.2, -0.15) is 0 Å². The van der Waals surface area contributed by atoms with Crippen molar-refractivity contribution in [3.8, 4) is 11.4 Å². The van der Waals surface area contributed by atoms with Gasteiger partial charge in [-0.3, -0.25) is 4.57 Å². The SMILES string of the molecule is CC1N(c2nnc(-c3ccoc3)n2C2CC2)CCOC1(C)C. The third-order valence-electron chi connectivity index (χ3n) is 4.91. The molecule has 0 bridgehead atoms. The molecule has 118 valence electrons. The summed E-state index contributed by atoms with van der Waals surface area (Å²) in [5.41, 5.74) is 0.805. The number of hydrogen-bond acceptors (Lipinski definition) is 5. The monoisotopic (exact) mass is 302 g/mol. The minimum atomic E-state index is -0.186. The first kappa shape index (κ1) is 13.8. The maximum absolute atomic E-state index is 5.91. The van der Waals surface area contributed by atoms with E-state index < -0.39 is 0 Å². The summed E-state index contributed by atoms with van der Waals surface area (Å²) in [6.45, 7) is 8.04. The van der Waals surface area contributed by atoms with E-state index in [2.05, 4.69) is 40.4 Å². The van der Waals surface area contributed by atoms with Gasteiger partial charge in [0.1, 0.15) is 6.26 Å². The molecule has 6 heteroatoms. The van der Waals surface area contributed by atoms with Crippen molar-refractivity contribution in [2.45, 2.75) is 51.3 Å². The predicted octanol–water partition coefficient (Wildman–Crippen LogP) is 2.88. The van der Waals surface area contributed by atoms with Crippen LogP contribution in [0.25, 0.3) is 11.4 Å². The molecule has 0 amide bonds. The highest BCUT2D eigenvalue weighted by Crippen LogP contribution is 2.42. The number of ether oxygens (including phenoxy) is 1. The molecule has 0 aromatic carbocycles. The van der Waals surface area contributed by atoms with Crippen LogP contribution >= 0.6 is 0 Å². The van der Waals surface area contributed by atoms with Gasteiger partial charge >= 0.3 is 0 Å². The second kappa shape index (κ2) is 4.84. The van der Waals surface area contributed by atoms with Gasteiger partial charge < -0.3 is 14.1 Å². The molecule has 2 aliphatic rings. The Labute approximate surface area is 130 Å². The molecule has 3 heterocycles. The first-order chi connectivity index (χ1) is 10.6. The van der Waals surface area contributed by atoms with Gasteiger partial charge in [0.25, 0.3) is 0 Å². The Bertz CT molecular complexity index is 658. The third kappa shape index (κ3) is 2.13. The van der Waals surface area contributed by atoms with Crippen LogP contribution in [0.2, 0.25) is 0 Å². The van der Waals surface area contributed by atoms with Gasteiger partial charge in [-0.1, -0.05) is 0 Å². The van der Waals surface area contributed by atoms with Crippen molar-refractivity contribution in [3.05, 3.63) is 18.6 Å². The number of nitrogens with zero attached hydrogens (tertiary/aromatic N) is 4. The van der Waals surface area contributed by atoms with Gasteiger partial charge in [-0.05, 0) is 39.7 Å². The molecule has 2 aromatic rings. The van der Waals surface area contributed by atoms with Crippen LogP contribution in [0.3, 0.4) is 0 Å². The summed E-state index contributed by atoms with van der Waals surface area (Å²) in [6.07, 6.45) is 5.80. The van der Waals surface area contributed by atoms with Crippen LogP contribution in [-0.4, -0.2) is 39.6 Å². The second-order valence-corrected chi connectivity index (χ2v) is 6.76. The third-order valence-corrected chi connectivity index (χ3v) is 4.91. The number of anilines is 1. The van der Waals surface area contributed by atoms with Crippen LogP contribution < -0.4 is 4.90 Å². The van der Waals surface area contributed by atoms with Crippen molar-refractivity contribution in [1.82, 2.24) is 14.8 Å². The second-order valence-electron chi connectivity index (χ2n) is 6.76. The first-order valence-electron chi connectivity index (χ1n) is 7.96. The van der Waals surface area contributed by atoms with E-state index in [9.17, 15) is 0 Å². The van der Waals surface area contributed by atoms with Crippen LogP contribution in [0.15, 0.2) is 23.0 Å². The van der Waals surface area contributed by atoms with Crippen LogP contribution in [0.1, 0.15) is 39.7 Å². The Hall–Kier alpha value is -1.82. The molecule has 0 N–H and O–H groups in total. The molecule has 0 spiro atoms. The molecule has 0 radical (unpaired) electrons. The Kier molecular flexibility index (Phi) is 3.04. The number of morpholine rings is 1. The van der Waals surface area contributed by atoms with Crippen molar-refractivity contribution in [1.29, 1.82) is 0 Å². The fourth-order valence-corrected chi connectivity index (χ4v) is 3.11. The van der Waals surface area contributed by atoms with Gasteiger partial charge in [0.15, 0.2) is 5.82 Å². The summed E-state index contributed by atoms with van der Waals surface area (Å²) < 4.78 is 13.4. The van der Waals surface area contributed by atoms with E-state index in [4.69, 9.17) is 9.15 Å². The molecule has 1 atom stereocenters. The highest BCUT2D eigenvalue weighted by Gasteiger charge is 2.40. The van der Waals surface area contributed by atoms with Crippen LogP contribution in [0, 0.1) is 0 Å². The molecule has 1 saturated carbocycles. The summed E-state index contributed by atoms with van der Waals surface area (Å²) in [5.74, 6) is 1.87. The summed E-state index contributed by atoms with van der Waals surface area (Å²) in [7, 11) is 0. The molecular weight excluding hydrogens is 280 g/mol. The standard InChI is InChI=1S/C16H22N4O2/c1-11-16(2,3)22-9-7-19(11)15-18-17-14(12-6-8-21-10-12)20(15)13-4-5-13/h6,8,10-11,13H,4-5,7,9H2,1-3H3. The highest BCUT2D eigenvalue weighted by molar-refractivity contribution is 5.57. The number of hydrogen-bond donors (Lipinski definition) is 0. The van der Waals surface area contributed by atoms with Crippen molar-refractivity contribution in [3.63, 3.8) is 0 Å². The van der Waals surface area contributed by atoms with E-state index in [-0.39, 0.29) is 11.6 Å². The van der Waals surface area contributed by atoms with Crippen molar-refractivity contribution >= 4 is 5.95 Å². The minimum absolute atomic E-state index is 0.186. The quantitative estimate of drug-likeness (QED) is 0.872. The molecule has 1 aliphatic carbocycles. The smallest absolute Gasteiger partial charge is 0.228 e. The average Bonchev–Trinajstić information content (AvgIpc) is 3.01. The van der Waals surface area contributed by atoms with Crippen molar-refractivity contribution < 1.29 is 9.15 Å². The predicted molar refractivity (Wildman–Crippen MR) is 82.8 cm³/mol. The fourth-order valence-electron chi connectivity index (χ4n) is 3.11. The lowest BCUT2D eigenvalue weighted by Crippen LogP contribution is -2.56. The van der Waals surface area contributed by atoms with Gasteiger partial charge in [0, 0.05) is 12.6 Å². The van der Waals surface area contributed by atoms with Gasteiger partial charge in [-0.15, -0.1) is 10.2 Å². The summed E-state index contributed by atoms with van der Waals surface area (Å²) >= 11 is 0. The van der Waals surface area contributed by atoms with Gasteiger partial charge in [-0.25, -0.2) is 0 Å². The molecule has 22 heavy (non-hydrogen) atoms. The Balaban J connectivity index is 1.76. The zero-order chi connectivity index (χ0) is 15.3. The molecule has 4 rings (SSSR count). The normalized spacial score (nSPS) is 24.7. The highest BCUT2D eigenvalue weighted by atomic mass is 16.5. The van der Waals surface area contributed by atoms with E-state index in [1.807, 2.05) is 6.07 Å². The molecule has 1 saturated heterocycles. The van der Waals surface area contributed by atoms with Gasteiger partial charge in [0.2, 0.25) is 5.95 Å². The maximum Gasteiger partial charge on any atom is 0.228 e. The molecule has 2 aromatic heterocycles. The van der Waals surface area contributed by atoms with Gasteiger partial charge in [0.05, 0.1) is 30.1 Å². The molecule has 6 nitrogen and oxygen atoms in total. The summed E-state index contributed by atoms with van der Waals surface area (Å²) in [5, 5.41) is 8.96. The van der Waals surface area contributed by atoms with E-state index >= 15 is 0 Å². The molecular formula is C16H22N4O2. The minimum Gasteiger partial charge on any atom is -0.472 e. The largest absolute Gasteiger partial charge is 0.472 e. The summed E-state index contributed by atoms with van der Waals surface area (Å²) in [4.78, 5) is 2.33. The molecule has 1 unspecified atom stereocenters. The molecule has 2 fully saturated rings. The number of rotatable bonds is 3. The fraction of sp³-hybridized carbons (Fsp3) is 0.625. The Morgan fingerprint density at radius 1 is 1.27 bits per heavy atom. The van der Waals surface area contributed by atoms with Crippen LogP contribution in [0.5, 0.6) is 0 Å². The first-order valence-corrected chi connectivity index (χ1v) is 7.96. The van der Waals surface area contributed by atoms with E-state index in [1.165, 1.54) is 12.8 Å². The van der Waals surface area contributed by atoms with Crippen LogP contribution in [0.4, 0.5) is 5.95 Å². The zero-order valence-corrected chi connectivity index (χ0v) is 13.3. The van der Waals surface area contributed by atoms with Crippen molar-refractivity contribution in [2.24, 2.45) is 0 Å². The Morgan fingerprint density at radius 3 is 2.77 bits per heavy atom. The lowest BCUT2D eigenvalue weighted by atomic mass is 9.97. The maximum atomic E-state index is 5.91. The zero-order valence-electron chi connectivity index (χ0n) is 13.3. The average molecular weight is 302 g/mol. The van der Waals surface area contributed by atoms with Crippen LogP contribution in [-0.2, 0) is 4.74 Å². The van der Waals surface area contributed by atoms with E-state index in [0.717, 1.165) is 30.5 Å². The Morgan fingerprint density at radius 2 is 2.09 bits per heavy atom.